The highest BCUT2D eigenvalue weighted by molar-refractivity contribution is 8.14. The zero-order valence-corrected chi connectivity index (χ0v) is 8.50. The van der Waals surface area contributed by atoms with Crippen LogP contribution < -0.4 is 0 Å². The first-order valence-electron chi connectivity index (χ1n) is 4.68. The Kier molecular flexibility index (Phi) is 1.84. The Hall–Kier alpha value is -1.22. The molecule has 2 nitrogen and oxygen atoms in total. The largest absolute Gasteiger partial charge is 0.323 e. The number of rotatable bonds is 1. The third-order valence-corrected chi connectivity index (χ3v) is 3.39. The molecule has 0 amide bonds. The summed E-state index contributed by atoms with van der Waals surface area (Å²) in [5.41, 5.74) is 2.52. The monoisotopic (exact) mass is 202 g/mol. The molecule has 0 aromatic carbocycles. The van der Waals surface area contributed by atoms with Crippen molar-refractivity contribution in [1.29, 1.82) is 0 Å². The van der Waals surface area contributed by atoms with Crippen molar-refractivity contribution in [2.24, 2.45) is 4.99 Å². The van der Waals surface area contributed by atoms with Crippen molar-refractivity contribution in [3.63, 3.8) is 0 Å². The molecule has 0 fully saturated rings. The Labute approximate surface area is 86.7 Å². The quantitative estimate of drug-likeness (QED) is 0.694. The van der Waals surface area contributed by atoms with Crippen molar-refractivity contribution in [2.45, 2.75) is 0 Å². The summed E-state index contributed by atoms with van der Waals surface area (Å²) in [4.78, 5) is 4.49. The summed E-state index contributed by atoms with van der Waals surface area (Å²) >= 11 is 1.85. The van der Waals surface area contributed by atoms with Crippen molar-refractivity contribution in [3.8, 4) is 0 Å². The summed E-state index contributed by atoms with van der Waals surface area (Å²) < 4.78 is 2.14. The number of hydrogen-bond acceptors (Lipinski definition) is 2. The Morgan fingerprint density at radius 3 is 3.07 bits per heavy atom. The maximum Gasteiger partial charge on any atom is 0.0999 e. The van der Waals surface area contributed by atoms with E-state index in [0.717, 1.165) is 12.3 Å². The van der Waals surface area contributed by atoms with E-state index in [1.807, 2.05) is 17.8 Å². The Balaban J connectivity index is 2.21. The standard InChI is InChI=1S/C11H10N2S/c1-2-6-13-7-4-9(10(13)3-1)11-12-5-8-14-11/h1-4,6-7H,5,8H2. The molecule has 70 valence electrons. The van der Waals surface area contributed by atoms with Gasteiger partial charge in [0.1, 0.15) is 0 Å². The van der Waals surface area contributed by atoms with Crippen molar-refractivity contribution in [1.82, 2.24) is 4.40 Å². The Morgan fingerprint density at radius 1 is 1.21 bits per heavy atom. The van der Waals surface area contributed by atoms with E-state index in [1.54, 1.807) is 0 Å². The van der Waals surface area contributed by atoms with E-state index in [4.69, 9.17) is 0 Å². The number of pyridine rings is 1. The number of nitrogens with zero attached hydrogens (tertiary/aromatic N) is 2. The predicted octanol–water partition coefficient (Wildman–Crippen LogP) is 2.43. The van der Waals surface area contributed by atoms with Gasteiger partial charge in [-0.2, -0.15) is 0 Å². The molecule has 14 heavy (non-hydrogen) atoms. The first-order chi connectivity index (χ1) is 6.95. The Bertz CT molecular complexity index is 499. The fourth-order valence-electron chi connectivity index (χ4n) is 1.73. The van der Waals surface area contributed by atoms with Gasteiger partial charge in [-0.05, 0) is 18.2 Å². The van der Waals surface area contributed by atoms with Gasteiger partial charge in [-0.3, -0.25) is 4.99 Å². The zero-order valence-electron chi connectivity index (χ0n) is 7.68. The van der Waals surface area contributed by atoms with Gasteiger partial charge < -0.3 is 4.40 Å². The summed E-state index contributed by atoms with van der Waals surface area (Å²) in [6.45, 7) is 0.962. The molecule has 0 aliphatic carbocycles. The number of aromatic nitrogens is 1. The highest BCUT2D eigenvalue weighted by Crippen LogP contribution is 2.23. The first kappa shape index (κ1) is 8.12. The number of fused-ring (bicyclic) bond motifs is 1. The predicted molar refractivity (Wildman–Crippen MR) is 61.3 cm³/mol. The van der Waals surface area contributed by atoms with Crippen LogP contribution in [0.15, 0.2) is 41.7 Å². The summed E-state index contributed by atoms with van der Waals surface area (Å²) in [5, 5.41) is 1.19. The average molecular weight is 202 g/mol. The molecule has 0 saturated carbocycles. The smallest absolute Gasteiger partial charge is 0.0999 e. The lowest BCUT2D eigenvalue weighted by Gasteiger charge is -1.98. The van der Waals surface area contributed by atoms with Gasteiger partial charge in [0.25, 0.3) is 0 Å². The lowest BCUT2D eigenvalue weighted by atomic mass is 10.3. The molecule has 1 aliphatic heterocycles. The van der Waals surface area contributed by atoms with Crippen LogP contribution in [0.3, 0.4) is 0 Å². The molecule has 0 unspecified atom stereocenters. The Morgan fingerprint density at radius 2 is 2.21 bits per heavy atom. The maximum atomic E-state index is 4.49. The van der Waals surface area contributed by atoms with E-state index in [-0.39, 0.29) is 0 Å². The van der Waals surface area contributed by atoms with Crippen molar-refractivity contribution < 1.29 is 0 Å². The average Bonchev–Trinajstić information content (AvgIpc) is 2.85. The molecule has 2 aromatic heterocycles. The molecule has 3 heterocycles. The van der Waals surface area contributed by atoms with Gasteiger partial charge in [0.15, 0.2) is 0 Å². The van der Waals surface area contributed by atoms with Crippen molar-refractivity contribution >= 4 is 22.3 Å². The molecular weight excluding hydrogens is 192 g/mol. The van der Waals surface area contributed by atoms with E-state index in [0.29, 0.717) is 0 Å². The van der Waals surface area contributed by atoms with Crippen LogP contribution in [0.25, 0.3) is 5.52 Å². The molecule has 3 rings (SSSR count). The van der Waals surface area contributed by atoms with Gasteiger partial charge >= 0.3 is 0 Å². The van der Waals surface area contributed by atoms with Crippen molar-refractivity contribution in [3.05, 3.63) is 42.2 Å². The van der Waals surface area contributed by atoms with Gasteiger partial charge in [-0.15, -0.1) is 11.8 Å². The van der Waals surface area contributed by atoms with Gasteiger partial charge in [0.2, 0.25) is 0 Å². The third-order valence-electron chi connectivity index (χ3n) is 2.38. The fraction of sp³-hybridized carbons (Fsp3) is 0.182. The van der Waals surface area contributed by atoms with Gasteiger partial charge in [0, 0.05) is 30.3 Å². The summed E-state index contributed by atoms with van der Waals surface area (Å²) in [6, 6.07) is 8.39. The SMILES string of the molecule is c1ccn2ccc(C3=NCCS3)c2c1. The molecule has 0 spiro atoms. The maximum absolute atomic E-state index is 4.49. The highest BCUT2D eigenvalue weighted by Gasteiger charge is 2.12. The van der Waals surface area contributed by atoms with E-state index < -0.39 is 0 Å². The second-order valence-corrected chi connectivity index (χ2v) is 4.34. The fourth-order valence-corrected chi connectivity index (χ4v) is 2.62. The minimum atomic E-state index is 0.962. The second-order valence-electron chi connectivity index (χ2n) is 3.26. The molecule has 2 aromatic rings. The zero-order chi connectivity index (χ0) is 9.38. The summed E-state index contributed by atoms with van der Waals surface area (Å²) in [5.74, 6) is 1.12. The van der Waals surface area contributed by atoms with Crippen LogP contribution in [0, 0.1) is 0 Å². The van der Waals surface area contributed by atoms with Crippen LogP contribution in [-0.4, -0.2) is 21.7 Å². The van der Waals surface area contributed by atoms with E-state index >= 15 is 0 Å². The molecule has 0 atom stereocenters. The molecule has 0 saturated heterocycles. The van der Waals surface area contributed by atoms with Crippen LogP contribution in [-0.2, 0) is 0 Å². The normalized spacial score (nSPS) is 16.1. The number of aliphatic imine (C=N–C) groups is 1. The van der Waals surface area contributed by atoms with Gasteiger partial charge in [-0.25, -0.2) is 0 Å². The molecular formula is C11H10N2S. The first-order valence-corrected chi connectivity index (χ1v) is 5.67. The molecule has 0 radical (unpaired) electrons. The lowest BCUT2D eigenvalue weighted by molar-refractivity contribution is 1.17. The molecule has 3 heteroatoms. The summed E-state index contributed by atoms with van der Waals surface area (Å²) in [7, 11) is 0. The van der Waals surface area contributed by atoms with E-state index in [1.165, 1.54) is 16.1 Å². The van der Waals surface area contributed by atoms with Crippen LogP contribution in [0.1, 0.15) is 5.56 Å². The topological polar surface area (TPSA) is 16.8 Å². The molecule has 0 bridgehead atoms. The van der Waals surface area contributed by atoms with E-state index in [9.17, 15) is 0 Å². The minimum absolute atomic E-state index is 0.962. The van der Waals surface area contributed by atoms with Crippen LogP contribution in [0.5, 0.6) is 0 Å². The number of thioether (sulfide) groups is 1. The summed E-state index contributed by atoms with van der Waals surface area (Å²) in [6.07, 6.45) is 4.16. The van der Waals surface area contributed by atoms with Gasteiger partial charge in [-0.1, -0.05) is 6.07 Å². The lowest BCUT2D eigenvalue weighted by Crippen LogP contribution is -1.90. The number of hydrogen-bond donors (Lipinski definition) is 0. The highest BCUT2D eigenvalue weighted by atomic mass is 32.2. The second kappa shape index (κ2) is 3.17. The minimum Gasteiger partial charge on any atom is -0.323 e. The van der Waals surface area contributed by atoms with Crippen LogP contribution in [0.4, 0.5) is 0 Å². The van der Waals surface area contributed by atoms with Gasteiger partial charge in [0.05, 0.1) is 10.6 Å². The molecule has 1 aliphatic rings. The van der Waals surface area contributed by atoms with Crippen molar-refractivity contribution in [2.75, 3.05) is 12.3 Å². The van der Waals surface area contributed by atoms with E-state index in [2.05, 4.69) is 40.0 Å². The molecule has 0 N–H and O–H groups in total. The van der Waals surface area contributed by atoms with Crippen LogP contribution in [0.2, 0.25) is 0 Å². The van der Waals surface area contributed by atoms with Crippen LogP contribution >= 0.6 is 11.8 Å². The third kappa shape index (κ3) is 1.16.